The summed E-state index contributed by atoms with van der Waals surface area (Å²) >= 11 is 0. The van der Waals surface area contributed by atoms with Crippen LogP contribution in [0.15, 0.2) is 12.3 Å². The van der Waals surface area contributed by atoms with Crippen molar-refractivity contribution in [1.29, 1.82) is 0 Å². The van der Waals surface area contributed by atoms with Crippen molar-refractivity contribution in [2.75, 3.05) is 13.2 Å². The molecule has 1 fully saturated rings. The molecule has 9 heteroatoms. The minimum Gasteiger partial charge on any atom is -0.493 e. The number of aliphatic hydroxyl groups excluding tert-OH is 6. The summed E-state index contributed by atoms with van der Waals surface area (Å²) in [4.78, 5) is 0. The first-order chi connectivity index (χ1) is 9.99. The van der Waals surface area contributed by atoms with Gasteiger partial charge in [0.2, 0.25) is 0 Å². The van der Waals surface area contributed by atoms with Crippen molar-refractivity contribution >= 4 is 0 Å². The predicted molar refractivity (Wildman–Crippen MR) is 65.7 cm³/mol. The van der Waals surface area contributed by atoms with Gasteiger partial charge in [-0.25, -0.2) is 0 Å². The molecule has 9 nitrogen and oxygen atoms in total. The molecule has 0 amide bonds. The zero-order chi connectivity index (χ0) is 15.6. The maximum atomic E-state index is 9.85. The van der Waals surface area contributed by atoms with Crippen molar-refractivity contribution in [3.8, 4) is 0 Å². The minimum atomic E-state index is -1.58. The summed E-state index contributed by atoms with van der Waals surface area (Å²) in [5, 5.41) is 57.3. The summed E-state index contributed by atoms with van der Waals surface area (Å²) in [7, 11) is 0. The van der Waals surface area contributed by atoms with Crippen LogP contribution in [0.2, 0.25) is 0 Å². The van der Waals surface area contributed by atoms with Crippen molar-refractivity contribution in [3.63, 3.8) is 0 Å². The van der Waals surface area contributed by atoms with Gasteiger partial charge in [-0.15, -0.1) is 0 Å². The lowest BCUT2D eigenvalue weighted by molar-refractivity contribution is -0.324. The highest BCUT2D eigenvalue weighted by molar-refractivity contribution is 4.99. The smallest absolute Gasteiger partial charge is 0.187 e. The summed E-state index contributed by atoms with van der Waals surface area (Å²) in [6.07, 6.45) is -7.68. The molecule has 0 spiro atoms. The van der Waals surface area contributed by atoms with E-state index in [1.54, 1.807) is 0 Å². The number of aliphatic hydroxyl groups is 6. The number of hydrogen-bond acceptors (Lipinski definition) is 9. The number of rotatable bonds is 4. The molecule has 1 saturated heterocycles. The van der Waals surface area contributed by atoms with E-state index >= 15 is 0 Å². The van der Waals surface area contributed by atoms with Gasteiger partial charge in [-0.3, -0.25) is 0 Å². The molecule has 2 heterocycles. The Balaban J connectivity index is 2.08. The molecule has 8 atom stereocenters. The van der Waals surface area contributed by atoms with Crippen LogP contribution in [0.25, 0.3) is 0 Å². The van der Waals surface area contributed by atoms with Gasteiger partial charge in [0.15, 0.2) is 6.29 Å². The van der Waals surface area contributed by atoms with E-state index in [2.05, 4.69) is 0 Å². The third kappa shape index (κ3) is 3.35. The molecule has 6 N–H and O–H groups in total. The summed E-state index contributed by atoms with van der Waals surface area (Å²) in [5.41, 5.74) is 0. The fourth-order valence-corrected chi connectivity index (χ4v) is 2.28. The quantitative estimate of drug-likeness (QED) is 0.310. The molecule has 4 unspecified atom stereocenters. The van der Waals surface area contributed by atoms with E-state index in [4.69, 9.17) is 19.3 Å². The van der Waals surface area contributed by atoms with Gasteiger partial charge in [-0.05, 0) is 6.08 Å². The summed E-state index contributed by atoms with van der Waals surface area (Å²) in [6, 6.07) is 0. The van der Waals surface area contributed by atoms with Crippen LogP contribution in [0.3, 0.4) is 0 Å². The molecule has 2 aliphatic rings. The molecule has 0 aromatic carbocycles. The minimum absolute atomic E-state index is 0.441. The first-order valence-electron chi connectivity index (χ1n) is 6.56. The predicted octanol–water partition coefficient (Wildman–Crippen LogP) is -3.56. The second-order valence-corrected chi connectivity index (χ2v) is 4.97. The van der Waals surface area contributed by atoms with Crippen LogP contribution in [0.1, 0.15) is 0 Å². The highest BCUT2D eigenvalue weighted by atomic mass is 16.7. The Bertz CT molecular complexity index is 361. The van der Waals surface area contributed by atoms with Gasteiger partial charge >= 0.3 is 0 Å². The van der Waals surface area contributed by atoms with E-state index in [1.165, 1.54) is 12.3 Å². The fourth-order valence-electron chi connectivity index (χ4n) is 2.28. The Morgan fingerprint density at radius 3 is 2.19 bits per heavy atom. The Labute approximate surface area is 120 Å². The van der Waals surface area contributed by atoms with Gasteiger partial charge in [0.05, 0.1) is 19.5 Å². The fraction of sp³-hybridized carbons (Fsp3) is 0.833. The van der Waals surface area contributed by atoms with Crippen LogP contribution < -0.4 is 0 Å². The molecule has 0 aliphatic carbocycles. The molecule has 0 radical (unpaired) electrons. The topological polar surface area (TPSA) is 149 Å². The van der Waals surface area contributed by atoms with E-state index < -0.39 is 62.2 Å². The molecule has 0 bridgehead atoms. The van der Waals surface area contributed by atoms with E-state index in [-0.39, 0.29) is 0 Å². The lowest BCUT2D eigenvalue weighted by Crippen LogP contribution is -2.61. The average molecular weight is 308 g/mol. The Morgan fingerprint density at radius 2 is 1.57 bits per heavy atom. The maximum Gasteiger partial charge on any atom is 0.187 e. The Kier molecular flexibility index (Phi) is 5.52. The van der Waals surface area contributed by atoms with Gasteiger partial charge in [0.25, 0.3) is 0 Å². The van der Waals surface area contributed by atoms with Gasteiger partial charge in [-0.2, -0.15) is 0 Å². The summed E-state index contributed by atoms with van der Waals surface area (Å²) in [5.74, 6) is 0. The molecular weight excluding hydrogens is 288 g/mol. The SMILES string of the molecule is OCC1O[C@H](O[C@H]2C(O)C=COC2CO)[C@H](O)C(O)[C@H]1O. The Morgan fingerprint density at radius 1 is 0.905 bits per heavy atom. The van der Waals surface area contributed by atoms with E-state index in [9.17, 15) is 25.5 Å². The highest BCUT2D eigenvalue weighted by Crippen LogP contribution is 2.26. The molecule has 0 aromatic heterocycles. The average Bonchev–Trinajstić information content (AvgIpc) is 2.49. The van der Waals surface area contributed by atoms with Gasteiger partial charge in [0.1, 0.15) is 42.7 Å². The second kappa shape index (κ2) is 6.99. The van der Waals surface area contributed by atoms with Crippen LogP contribution in [-0.4, -0.2) is 92.9 Å². The molecule has 2 rings (SSSR count). The van der Waals surface area contributed by atoms with E-state index in [0.29, 0.717) is 0 Å². The van der Waals surface area contributed by atoms with E-state index in [1.807, 2.05) is 0 Å². The maximum absolute atomic E-state index is 9.85. The van der Waals surface area contributed by atoms with Gasteiger partial charge < -0.3 is 44.8 Å². The molecular formula is C12H20O9. The third-order valence-electron chi connectivity index (χ3n) is 3.55. The lowest BCUT2D eigenvalue weighted by atomic mass is 9.99. The summed E-state index contributed by atoms with van der Waals surface area (Å²) in [6.45, 7) is -1.03. The van der Waals surface area contributed by atoms with Crippen LogP contribution in [-0.2, 0) is 14.2 Å². The standard InChI is InChI=1S/C12H20O9/c13-3-6-8(16)9(17)10(18)12(20-6)21-11-5(15)1-2-19-7(11)4-14/h1-2,5-18H,3-4H2/t5?,6?,7?,8-,9?,10+,11-,12+/m0/s1. The molecule has 2 aliphatic heterocycles. The molecule has 0 saturated carbocycles. The van der Waals surface area contributed by atoms with Crippen LogP contribution in [0.5, 0.6) is 0 Å². The van der Waals surface area contributed by atoms with Crippen molar-refractivity contribution in [1.82, 2.24) is 0 Å². The largest absolute Gasteiger partial charge is 0.493 e. The zero-order valence-electron chi connectivity index (χ0n) is 11.1. The molecule has 122 valence electrons. The van der Waals surface area contributed by atoms with Crippen LogP contribution in [0.4, 0.5) is 0 Å². The van der Waals surface area contributed by atoms with Crippen molar-refractivity contribution < 1.29 is 44.8 Å². The van der Waals surface area contributed by atoms with E-state index in [0.717, 1.165) is 0 Å². The third-order valence-corrected chi connectivity index (χ3v) is 3.55. The van der Waals surface area contributed by atoms with Crippen molar-refractivity contribution in [2.45, 2.75) is 49.0 Å². The lowest BCUT2D eigenvalue weighted by Gasteiger charge is -2.42. The molecule has 0 aromatic rings. The van der Waals surface area contributed by atoms with Crippen molar-refractivity contribution in [2.24, 2.45) is 0 Å². The highest BCUT2D eigenvalue weighted by Gasteiger charge is 2.46. The first-order valence-corrected chi connectivity index (χ1v) is 6.56. The van der Waals surface area contributed by atoms with Crippen LogP contribution in [0, 0.1) is 0 Å². The van der Waals surface area contributed by atoms with Gasteiger partial charge in [0, 0.05) is 0 Å². The Hall–Kier alpha value is -0.780. The monoisotopic (exact) mass is 308 g/mol. The number of ether oxygens (including phenoxy) is 3. The zero-order valence-corrected chi connectivity index (χ0v) is 11.1. The second-order valence-electron chi connectivity index (χ2n) is 4.97. The summed E-state index contributed by atoms with van der Waals surface area (Å²) < 4.78 is 15.6. The molecule has 21 heavy (non-hydrogen) atoms. The van der Waals surface area contributed by atoms with Crippen LogP contribution >= 0.6 is 0 Å². The first kappa shape index (κ1) is 16.6. The van der Waals surface area contributed by atoms with Gasteiger partial charge in [-0.1, -0.05) is 0 Å². The number of hydrogen-bond donors (Lipinski definition) is 6. The normalized spacial score (nSPS) is 47.1. The van der Waals surface area contributed by atoms with Crippen molar-refractivity contribution in [3.05, 3.63) is 12.3 Å².